The van der Waals surface area contributed by atoms with Crippen LogP contribution >= 0.6 is 0 Å². The molecule has 1 amide bonds. The fourth-order valence-corrected chi connectivity index (χ4v) is 1.85. The van der Waals surface area contributed by atoms with Gasteiger partial charge in [0.25, 0.3) is 0 Å². The number of imidazole rings is 1. The van der Waals surface area contributed by atoms with Gasteiger partial charge >= 0.3 is 0 Å². The van der Waals surface area contributed by atoms with Crippen molar-refractivity contribution in [2.45, 2.75) is 53.5 Å². The lowest BCUT2D eigenvalue weighted by molar-refractivity contribution is -0.108. The SMILES string of the molecule is CC.CC.O=CNC1=CCCCC(Cn2ccnc2)=C1. The van der Waals surface area contributed by atoms with E-state index in [2.05, 4.69) is 22.5 Å². The normalized spacial score (nSPS) is 13.4. The summed E-state index contributed by atoms with van der Waals surface area (Å²) in [5.74, 6) is 0. The quantitative estimate of drug-likeness (QED) is 0.853. The third-order valence-electron chi connectivity index (χ3n) is 2.60. The van der Waals surface area contributed by atoms with E-state index >= 15 is 0 Å². The van der Waals surface area contributed by atoms with Crippen LogP contribution in [-0.2, 0) is 11.3 Å². The average molecular weight is 277 g/mol. The highest BCUT2D eigenvalue weighted by Crippen LogP contribution is 2.17. The van der Waals surface area contributed by atoms with Gasteiger partial charge in [0.05, 0.1) is 6.33 Å². The van der Waals surface area contributed by atoms with Crippen molar-refractivity contribution in [2.75, 3.05) is 0 Å². The molecule has 1 aromatic rings. The molecule has 0 saturated carbocycles. The Bertz CT molecular complexity index is 405. The van der Waals surface area contributed by atoms with Crippen LogP contribution in [0.25, 0.3) is 0 Å². The number of hydrogen-bond acceptors (Lipinski definition) is 2. The Balaban J connectivity index is 0.000000829. The van der Waals surface area contributed by atoms with Crippen molar-refractivity contribution in [2.24, 2.45) is 0 Å². The van der Waals surface area contributed by atoms with Crippen LogP contribution in [0.15, 0.2) is 42.1 Å². The first kappa shape index (κ1) is 18.2. The molecular formula is C16H27N3O. The first-order valence-corrected chi connectivity index (χ1v) is 7.44. The van der Waals surface area contributed by atoms with Crippen molar-refractivity contribution in [3.8, 4) is 0 Å². The highest BCUT2D eigenvalue weighted by atomic mass is 16.1. The Hall–Kier alpha value is -1.84. The van der Waals surface area contributed by atoms with E-state index in [1.165, 1.54) is 5.57 Å². The topological polar surface area (TPSA) is 46.9 Å². The molecule has 2 rings (SSSR count). The highest BCUT2D eigenvalue weighted by molar-refractivity contribution is 5.52. The first-order chi connectivity index (χ1) is 9.88. The van der Waals surface area contributed by atoms with Crippen LogP contribution in [0, 0.1) is 0 Å². The second-order valence-corrected chi connectivity index (χ2v) is 3.85. The number of carbonyl (C=O) groups is 1. The van der Waals surface area contributed by atoms with Crippen molar-refractivity contribution in [1.29, 1.82) is 0 Å². The van der Waals surface area contributed by atoms with Crippen molar-refractivity contribution in [3.05, 3.63) is 42.1 Å². The van der Waals surface area contributed by atoms with Crippen LogP contribution in [-0.4, -0.2) is 16.0 Å². The van der Waals surface area contributed by atoms with Gasteiger partial charge in [0.1, 0.15) is 0 Å². The molecule has 1 aliphatic carbocycles. The molecule has 1 aliphatic rings. The summed E-state index contributed by atoms with van der Waals surface area (Å²) in [7, 11) is 0. The molecule has 0 bridgehead atoms. The van der Waals surface area contributed by atoms with Crippen molar-refractivity contribution in [3.63, 3.8) is 0 Å². The minimum absolute atomic E-state index is 0.725. The van der Waals surface area contributed by atoms with Crippen molar-refractivity contribution < 1.29 is 4.79 Å². The van der Waals surface area contributed by atoms with E-state index in [0.717, 1.165) is 37.9 Å². The minimum Gasteiger partial charge on any atom is -0.333 e. The van der Waals surface area contributed by atoms with Crippen LogP contribution in [0.2, 0.25) is 0 Å². The Morgan fingerprint density at radius 3 is 2.70 bits per heavy atom. The number of hydrogen-bond donors (Lipinski definition) is 1. The Morgan fingerprint density at radius 2 is 2.10 bits per heavy atom. The number of carbonyl (C=O) groups excluding carboxylic acids is 1. The fraction of sp³-hybridized carbons (Fsp3) is 0.500. The van der Waals surface area contributed by atoms with Crippen molar-refractivity contribution in [1.82, 2.24) is 14.9 Å². The summed E-state index contributed by atoms with van der Waals surface area (Å²) >= 11 is 0. The zero-order valence-electron chi connectivity index (χ0n) is 13.1. The predicted octanol–water partition coefficient (Wildman–Crippen LogP) is 3.68. The summed E-state index contributed by atoms with van der Waals surface area (Å²) in [5.41, 5.74) is 2.22. The van der Waals surface area contributed by atoms with Crippen LogP contribution in [0.5, 0.6) is 0 Å². The number of aromatic nitrogens is 2. The summed E-state index contributed by atoms with van der Waals surface area (Å²) in [6.45, 7) is 8.85. The predicted molar refractivity (Wildman–Crippen MR) is 84.1 cm³/mol. The van der Waals surface area contributed by atoms with E-state index in [9.17, 15) is 4.79 Å². The molecular weight excluding hydrogens is 250 g/mol. The smallest absolute Gasteiger partial charge is 0.211 e. The molecule has 0 saturated heterocycles. The van der Waals surface area contributed by atoms with E-state index < -0.39 is 0 Å². The zero-order chi connectivity index (χ0) is 15.2. The molecule has 20 heavy (non-hydrogen) atoms. The molecule has 0 aromatic carbocycles. The van der Waals surface area contributed by atoms with Gasteiger partial charge in [-0.15, -0.1) is 0 Å². The van der Waals surface area contributed by atoms with Gasteiger partial charge in [-0.05, 0) is 30.9 Å². The largest absolute Gasteiger partial charge is 0.333 e. The molecule has 0 unspecified atom stereocenters. The third-order valence-corrected chi connectivity index (χ3v) is 2.60. The van der Waals surface area contributed by atoms with Gasteiger partial charge in [0.2, 0.25) is 6.41 Å². The Labute approximate surface area is 122 Å². The summed E-state index contributed by atoms with van der Waals surface area (Å²) < 4.78 is 2.04. The van der Waals surface area contributed by atoms with E-state index in [0.29, 0.717) is 0 Å². The molecule has 4 heteroatoms. The molecule has 0 spiro atoms. The minimum atomic E-state index is 0.725. The first-order valence-electron chi connectivity index (χ1n) is 7.44. The number of amides is 1. The number of nitrogens with one attached hydrogen (secondary N) is 1. The Morgan fingerprint density at radius 1 is 1.35 bits per heavy atom. The van der Waals surface area contributed by atoms with Gasteiger partial charge in [-0.1, -0.05) is 33.8 Å². The maximum atomic E-state index is 10.4. The molecule has 1 N–H and O–H groups in total. The molecule has 4 nitrogen and oxygen atoms in total. The van der Waals surface area contributed by atoms with Gasteiger partial charge in [-0.2, -0.15) is 0 Å². The van der Waals surface area contributed by atoms with E-state index in [4.69, 9.17) is 0 Å². The summed E-state index contributed by atoms with van der Waals surface area (Å²) in [6.07, 6.45) is 13.6. The summed E-state index contributed by atoms with van der Waals surface area (Å²) in [6, 6.07) is 0. The Kier molecular flexibility index (Phi) is 11.1. The lowest BCUT2D eigenvalue weighted by Crippen LogP contribution is -2.09. The summed E-state index contributed by atoms with van der Waals surface area (Å²) in [5, 5.41) is 2.71. The molecule has 0 aliphatic heterocycles. The van der Waals surface area contributed by atoms with Gasteiger partial charge < -0.3 is 9.88 Å². The standard InChI is InChI=1S/C12H15N3O.2C2H6/c16-10-14-12-4-2-1-3-11(7-12)8-15-6-5-13-9-15;2*1-2/h4-7,9-10H,1-3,8H2,(H,14,16);2*1-2H3. The van der Waals surface area contributed by atoms with Gasteiger partial charge in [0.15, 0.2) is 0 Å². The maximum absolute atomic E-state index is 10.4. The molecule has 1 aromatic heterocycles. The zero-order valence-corrected chi connectivity index (χ0v) is 13.1. The lowest BCUT2D eigenvalue weighted by atomic mass is 10.1. The summed E-state index contributed by atoms with van der Waals surface area (Å²) in [4.78, 5) is 14.4. The monoisotopic (exact) mass is 277 g/mol. The van der Waals surface area contributed by atoms with E-state index in [-0.39, 0.29) is 0 Å². The fourth-order valence-electron chi connectivity index (χ4n) is 1.85. The molecule has 112 valence electrons. The molecule has 0 fully saturated rings. The van der Waals surface area contributed by atoms with Gasteiger partial charge in [0, 0.05) is 24.6 Å². The molecule has 1 heterocycles. The number of allylic oxidation sites excluding steroid dienone is 3. The van der Waals surface area contributed by atoms with Crippen molar-refractivity contribution >= 4 is 6.41 Å². The van der Waals surface area contributed by atoms with Gasteiger partial charge in [-0.3, -0.25) is 4.79 Å². The maximum Gasteiger partial charge on any atom is 0.211 e. The van der Waals surface area contributed by atoms with E-state index in [1.807, 2.05) is 44.8 Å². The second kappa shape index (κ2) is 12.2. The average Bonchev–Trinajstić information content (AvgIpc) is 2.91. The molecule has 0 atom stereocenters. The molecule has 0 radical (unpaired) electrons. The lowest BCUT2D eigenvalue weighted by Gasteiger charge is -2.06. The van der Waals surface area contributed by atoms with Gasteiger partial charge in [-0.25, -0.2) is 4.98 Å². The third kappa shape index (κ3) is 6.92. The van der Waals surface area contributed by atoms with Crippen LogP contribution in [0.3, 0.4) is 0 Å². The second-order valence-electron chi connectivity index (χ2n) is 3.85. The van der Waals surface area contributed by atoms with Crippen LogP contribution in [0.4, 0.5) is 0 Å². The van der Waals surface area contributed by atoms with Crippen LogP contribution < -0.4 is 5.32 Å². The van der Waals surface area contributed by atoms with Crippen LogP contribution in [0.1, 0.15) is 47.0 Å². The van der Waals surface area contributed by atoms with E-state index in [1.54, 1.807) is 6.20 Å². The number of nitrogens with zero attached hydrogens (tertiary/aromatic N) is 2. The number of rotatable bonds is 4. The highest BCUT2D eigenvalue weighted by Gasteiger charge is 2.04.